The molecule has 1 aromatic rings. The molecule has 1 saturated heterocycles. The fraction of sp³-hybridized carbons (Fsp3) is 0.500. The van der Waals surface area contributed by atoms with Gasteiger partial charge in [0.25, 0.3) is 0 Å². The molecule has 2 heterocycles. The number of nitrogens with one attached hydrogen (secondary N) is 1. The quantitative estimate of drug-likeness (QED) is 0.805. The second-order valence-corrected chi connectivity index (χ2v) is 5.00. The van der Waals surface area contributed by atoms with E-state index in [1.165, 1.54) is 31.0 Å². The maximum Gasteiger partial charge on any atom is 0.142 e. The van der Waals surface area contributed by atoms with Crippen LogP contribution in [0.1, 0.15) is 31.2 Å². The van der Waals surface area contributed by atoms with Crippen molar-refractivity contribution in [3.8, 4) is 0 Å². The molecule has 0 amide bonds. The summed E-state index contributed by atoms with van der Waals surface area (Å²) in [5.74, 6) is 0.524. The highest BCUT2D eigenvalue weighted by molar-refractivity contribution is 5.66. The van der Waals surface area contributed by atoms with E-state index < -0.39 is 0 Å². The lowest BCUT2D eigenvalue weighted by molar-refractivity contribution is 0.298. The summed E-state index contributed by atoms with van der Waals surface area (Å²) < 4.78 is 13.1. The molecular formula is C14H17FN2. The number of rotatable bonds is 1. The number of piperidine rings is 1. The second-order valence-electron chi connectivity index (χ2n) is 5.00. The van der Waals surface area contributed by atoms with Crippen LogP contribution in [0.3, 0.4) is 0 Å². The smallest absolute Gasteiger partial charge is 0.142 e. The van der Waals surface area contributed by atoms with Crippen LogP contribution in [-0.4, -0.2) is 17.6 Å². The van der Waals surface area contributed by atoms with E-state index in [1.807, 2.05) is 0 Å². The molecular weight excluding hydrogens is 215 g/mol. The van der Waals surface area contributed by atoms with Gasteiger partial charge in [-0.05, 0) is 55.3 Å². The maximum atomic E-state index is 13.1. The Hall–Kier alpha value is -1.22. The van der Waals surface area contributed by atoms with Gasteiger partial charge in [0.2, 0.25) is 0 Å². The summed E-state index contributed by atoms with van der Waals surface area (Å²) in [5, 5.41) is 3.54. The second kappa shape index (κ2) is 4.57. The summed E-state index contributed by atoms with van der Waals surface area (Å²) in [5.41, 5.74) is 2.18. The van der Waals surface area contributed by atoms with Crippen LogP contribution in [0.25, 0.3) is 5.57 Å². The molecule has 90 valence electrons. The van der Waals surface area contributed by atoms with Crippen molar-refractivity contribution in [2.24, 2.45) is 5.92 Å². The fourth-order valence-corrected chi connectivity index (χ4v) is 2.97. The lowest BCUT2D eigenvalue weighted by atomic mass is 9.79. The Balaban J connectivity index is 1.86. The number of hydrogen-bond donors (Lipinski definition) is 1. The maximum absolute atomic E-state index is 13.1. The third-order valence-electron chi connectivity index (χ3n) is 3.88. The van der Waals surface area contributed by atoms with Crippen molar-refractivity contribution < 1.29 is 4.39 Å². The van der Waals surface area contributed by atoms with Crippen LogP contribution in [0.2, 0.25) is 0 Å². The predicted molar refractivity (Wildman–Crippen MR) is 65.9 cm³/mol. The Kier molecular flexibility index (Phi) is 2.93. The first-order valence-electron chi connectivity index (χ1n) is 6.38. The van der Waals surface area contributed by atoms with Crippen molar-refractivity contribution >= 4 is 5.57 Å². The Labute approximate surface area is 101 Å². The Morgan fingerprint density at radius 1 is 1.29 bits per heavy atom. The summed E-state index contributed by atoms with van der Waals surface area (Å²) in [4.78, 5) is 3.93. The molecule has 1 aromatic heterocycles. The zero-order valence-electron chi connectivity index (χ0n) is 9.82. The van der Waals surface area contributed by atoms with Gasteiger partial charge in [-0.1, -0.05) is 6.08 Å². The van der Waals surface area contributed by atoms with E-state index in [4.69, 9.17) is 0 Å². The number of fused-ring (bicyclic) bond motifs is 1. The zero-order chi connectivity index (χ0) is 11.7. The molecule has 0 radical (unpaired) electrons. The number of aromatic nitrogens is 1. The predicted octanol–water partition coefficient (Wildman–Crippen LogP) is 2.77. The molecule has 3 rings (SSSR count). The van der Waals surface area contributed by atoms with Gasteiger partial charge in [0.15, 0.2) is 0 Å². The number of halogens is 1. The third kappa shape index (κ3) is 2.25. The van der Waals surface area contributed by atoms with Gasteiger partial charge in [-0.2, -0.15) is 0 Å². The van der Waals surface area contributed by atoms with Crippen LogP contribution in [-0.2, 0) is 0 Å². The van der Waals surface area contributed by atoms with E-state index >= 15 is 0 Å². The van der Waals surface area contributed by atoms with Crippen LogP contribution in [0, 0.1) is 11.7 Å². The molecule has 0 aromatic carbocycles. The van der Waals surface area contributed by atoms with Crippen LogP contribution in [0.5, 0.6) is 0 Å². The minimum absolute atomic E-state index is 0.248. The Morgan fingerprint density at radius 2 is 2.24 bits per heavy atom. The average molecular weight is 232 g/mol. The molecule has 1 aliphatic heterocycles. The van der Waals surface area contributed by atoms with Crippen molar-refractivity contribution in [1.82, 2.24) is 10.3 Å². The molecule has 0 bridgehead atoms. The molecule has 2 nitrogen and oxygen atoms in total. The highest BCUT2D eigenvalue weighted by Gasteiger charge is 2.27. The Morgan fingerprint density at radius 3 is 3.12 bits per heavy atom. The number of nitrogens with zero attached hydrogens (tertiary/aromatic N) is 1. The molecule has 1 aliphatic carbocycles. The van der Waals surface area contributed by atoms with Crippen molar-refractivity contribution in [2.75, 3.05) is 6.54 Å². The summed E-state index contributed by atoms with van der Waals surface area (Å²) in [6.45, 7) is 1.10. The van der Waals surface area contributed by atoms with Gasteiger partial charge in [-0.25, -0.2) is 4.39 Å². The lowest BCUT2D eigenvalue weighted by Gasteiger charge is -2.35. The van der Waals surface area contributed by atoms with Crippen LogP contribution in [0.15, 0.2) is 24.5 Å². The molecule has 0 unspecified atom stereocenters. The van der Waals surface area contributed by atoms with Gasteiger partial charge >= 0.3 is 0 Å². The van der Waals surface area contributed by atoms with E-state index in [0.717, 1.165) is 24.4 Å². The molecule has 0 spiro atoms. The molecule has 1 N–H and O–H groups in total. The van der Waals surface area contributed by atoms with Gasteiger partial charge in [-0.15, -0.1) is 0 Å². The fourth-order valence-electron chi connectivity index (χ4n) is 2.97. The number of hydrogen-bond acceptors (Lipinski definition) is 2. The molecule has 2 aliphatic rings. The largest absolute Gasteiger partial charge is 0.310 e. The first kappa shape index (κ1) is 10.9. The minimum Gasteiger partial charge on any atom is -0.310 e. The van der Waals surface area contributed by atoms with E-state index in [2.05, 4.69) is 16.4 Å². The Bertz CT molecular complexity index is 442. The molecule has 1 fully saturated rings. The SMILES string of the molecule is Fc1cncc(C2=C[C@@H]3NCCC[C@@H]3CC2)c1. The van der Waals surface area contributed by atoms with E-state index in [1.54, 1.807) is 12.3 Å². The monoisotopic (exact) mass is 232 g/mol. The summed E-state index contributed by atoms with van der Waals surface area (Å²) in [6, 6.07) is 2.07. The summed E-state index contributed by atoms with van der Waals surface area (Å²) in [7, 11) is 0. The van der Waals surface area contributed by atoms with Crippen LogP contribution in [0.4, 0.5) is 4.39 Å². The summed E-state index contributed by atoms with van der Waals surface area (Å²) >= 11 is 0. The van der Waals surface area contributed by atoms with Gasteiger partial charge < -0.3 is 5.32 Å². The average Bonchev–Trinajstić information content (AvgIpc) is 2.38. The van der Waals surface area contributed by atoms with E-state index in [0.29, 0.717) is 6.04 Å². The normalized spacial score (nSPS) is 28.4. The molecule has 0 saturated carbocycles. The van der Waals surface area contributed by atoms with Crippen molar-refractivity contribution in [3.05, 3.63) is 35.9 Å². The van der Waals surface area contributed by atoms with Crippen molar-refractivity contribution in [2.45, 2.75) is 31.7 Å². The van der Waals surface area contributed by atoms with Gasteiger partial charge in [0.05, 0.1) is 6.20 Å². The molecule has 17 heavy (non-hydrogen) atoms. The topological polar surface area (TPSA) is 24.9 Å². The highest BCUT2D eigenvalue weighted by Crippen LogP contribution is 2.34. The summed E-state index contributed by atoms with van der Waals surface area (Å²) in [6.07, 6.45) is 10.2. The van der Waals surface area contributed by atoms with Gasteiger partial charge in [0, 0.05) is 12.2 Å². The first-order chi connectivity index (χ1) is 8.33. The van der Waals surface area contributed by atoms with Gasteiger partial charge in [-0.3, -0.25) is 4.98 Å². The third-order valence-corrected chi connectivity index (χ3v) is 3.88. The zero-order valence-corrected chi connectivity index (χ0v) is 9.82. The standard InChI is InChI=1S/C14H17FN2/c15-13-6-12(8-16-9-13)11-4-3-10-2-1-5-17-14(10)7-11/h6-10,14,17H,1-5H2/t10-,14+/m1/s1. The minimum atomic E-state index is -0.248. The highest BCUT2D eigenvalue weighted by atomic mass is 19.1. The van der Waals surface area contributed by atoms with E-state index in [9.17, 15) is 4.39 Å². The number of pyridine rings is 1. The lowest BCUT2D eigenvalue weighted by Crippen LogP contribution is -2.41. The van der Waals surface area contributed by atoms with Crippen molar-refractivity contribution in [3.63, 3.8) is 0 Å². The van der Waals surface area contributed by atoms with Crippen LogP contribution < -0.4 is 5.32 Å². The van der Waals surface area contributed by atoms with Crippen LogP contribution >= 0.6 is 0 Å². The molecule has 3 heteroatoms. The number of allylic oxidation sites excluding steroid dienone is 1. The van der Waals surface area contributed by atoms with Crippen molar-refractivity contribution in [1.29, 1.82) is 0 Å². The first-order valence-corrected chi connectivity index (χ1v) is 6.38. The van der Waals surface area contributed by atoms with Gasteiger partial charge in [0.1, 0.15) is 5.82 Å². The van der Waals surface area contributed by atoms with E-state index in [-0.39, 0.29) is 5.82 Å². The molecule has 2 atom stereocenters.